The van der Waals surface area contributed by atoms with Crippen molar-refractivity contribution < 1.29 is 27.5 Å². The van der Waals surface area contributed by atoms with Crippen LogP contribution in [0.4, 0.5) is 23.7 Å². The predicted octanol–water partition coefficient (Wildman–Crippen LogP) is 4.17. The zero-order valence-electron chi connectivity index (χ0n) is 14.1. The number of amides is 2. The number of benzene rings is 2. The van der Waals surface area contributed by atoms with E-state index in [0.29, 0.717) is 22.5 Å². The van der Waals surface area contributed by atoms with Gasteiger partial charge in [0.15, 0.2) is 17.5 Å². The molecule has 1 aliphatic heterocycles. The Labute approximate surface area is 161 Å². The van der Waals surface area contributed by atoms with E-state index in [1.807, 2.05) is 6.07 Å². The van der Waals surface area contributed by atoms with Crippen molar-refractivity contribution in [3.63, 3.8) is 0 Å². The van der Waals surface area contributed by atoms with Crippen LogP contribution in [0.1, 0.15) is 17.2 Å². The highest BCUT2D eigenvalue weighted by Crippen LogP contribution is 2.34. The first kappa shape index (κ1) is 19.2. The molecule has 5 nitrogen and oxygen atoms in total. The largest absolute Gasteiger partial charge is 0.453 e. The Hall–Kier alpha value is -2.55. The number of anilines is 1. The van der Waals surface area contributed by atoms with Crippen molar-refractivity contribution in [1.82, 2.24) is 4.90 Å². The first-order valence-electron chi connectivity index (χ1n) is 7.90. The van der Waals surface area contributed by atoms with E-state index >= 15 is 0 Å². The predicted molar refractivity (Wildman–Crippen MR) is 94.6 cm³/mol. The van der Waals surface area contributed by atoms with Gasteiger partial charge in [0.2, 0.25) is 0 Å². The third-order valence-electron chi connectivity index (χ3n) is 4.29. The van der Waals surface area contributed by atoms with Crippen molar-refractivity contribution >= 4 is 33.6 Å². The third-order valence-corrected chi connectivity index (χ3v) is 4.78. The van der Waals surface area contributed by atoms with Crippen LogP contribution in [0.3, 0.4) is 0 Å². The topological polar surface area (TPSA) is 58.6 Å². The highest BCUT2D eigenvalue weighted by Gasteiger charge is 2.37. The Morgan fingerprint density at radius 2 is 1.93 bits per heavy atom. The number of nitrogens with zero attached hydrogens (tertiary/aromatic N) is 1. The Morgan fingerprint density at radius 3 is 2.63 bits per heavy atom. The minimum Gasteiger partial charge on any atom is -0.453 e. The van der Waals surface area contributed by atoms with Gasteiger partial charge >= 0.3 is 6.09 Å². The number of carbonyl (C=O) groups excluding carboxylic acids is 2. The van der Waals surface area contributed by atoms with E-state index in [0.717, 1.165) is 11.6 Å². The maximum absolute atomic E-state index is 13.9. The molecular weight excluding hydrogens is 429 g/mol. The van der Waals surface area contributed by atoms with Crippen LogP contribution in [-0.2, 0) is 16.0 Å². The Morgan fingerprint density at radius 1 is 1.19 bits per heavy atom. The van der Waals surface area contributed by atoms with Crippen molar-refractivity contribution in [2.45, 2.75) is 12.5 Å². The molecule has 0 bridgehead atoms. The number of hydrogen-bond acceptors (Lipinski definition) is 3. The van der Waals surface area contributed by atoms with Gasteiger partial charge in [0.05, 0.1) is 12.8 Å². The number of carbonyl (C=O) groups is 2. The first-order chi connectivity index (χ1) is 12.8. The van der Waals surface area contributed by atoms with Crippen molar-refractivity contribution in [3.05, 3.63) is 63.4 Å². The van der Waals surface area contributed by atoms with Crippen LogP contribution in [0.2, 0.25) is 0 Å². The molecule has 1 heterocycles. The lowest BCUT2D eigenvalue weighted by atomic mass is 9.92. The average molecular weight is 443 g/mol. The highest BCUT2D eigenvalue weighted by molar-refractivity contribution is 9.10. The molecule has 0 saturated carbocycles. The molecule has 0 saturated heterocycles. The van der Waals surface area contributed by atoms with Crippen LogP contribution in [0.25, 0.3) is 0 Å². The molecule has 0 spiro atoms. The zero-order valence-corrected chi connectivity index (χ0v) is 15.6. The van der Waals surface area contributed by atoms with Gasteiger partial charge < -0.3 is 10.1 Å². The Balaban J connectivity index is 2.00. The lowest BCUT2D eigenvalue weighted by molar-refractivity contribution is -0.121. The van der Waals surface area contributed by atoms with Crippen LogP contribution in [0.15, 0.2) is 34.8 Å². The summed E-state index contributed by atoms with van der Waals surface area (Å²) in [6.07, 6.45) is -0.229. The van der Waals surface area contributed by atoms with Crippen molar-refractivity contribution in [1.29, 1.82) is 0 Å². The van der Waals surface area contributed by atoms with Gasteiger partial charge in [0.25, 0.3) is 5.91 Å². The van der Waals surface area contributed by atoms with E-state index in [1.54, 1.807) is 12.1 Å². The second-order valence-electron chi connectivity index (χ2n) is 5.87. The first-order valence-corrected chi connectivity index (χ1v) is 8.70. The summed E-state index contributed by atoms with van der Waals surface area (Å²) in [6, 6.07) is 5.79. The normalized spacial score (nSPS) is 15.9. The van der Waals surface area contributed by atoms with Crippen molar-refractivity contribution in [2.75, 3.05) is 19.0 Å². The molecule has 27 heavy (non-hydrogen) atoms. The number of halogens is 4. The van der Waals surface area contributed by atoms with E-state index in [-0.39, 0.29) is 6.54 Å². The second kappa shape index (κ2) is 7.59. The van der Waals surface area contributed by atoms with Crippen LogP contribution in [0, 0.1) is 17.5 Å². The summed E-state index contributed by atoms with van der Waals surface area (Å²) in [5.74, 6) is -5.35. The molecule has 1 aliphatic rings. The molecule has 0 fully saturated rings. The summed E-state index contributed by atoms with van der Waals surface area (Å²) in [7, 11) is 1.18. The Kier molecular flexibility index (Phi) is 5.41. The lowest BCUT2D eigenvalue weighted by Gasteiger charge is -2.35. The van der Waals surface area contributed by atoms with Gasteiger partial charge in [-0.3, -0.25) is 9.69 Å². The van der Waals surface area contributed by atoms with E-state index in [2.05, 4.69) is 21.2 Å². The second-order valence-corrected chi connectivity index (χ2v) is 6.79. The minimum absolute atomic E-state index is 0.208. The maximum Gasteiger partial charge on any atom is 0.410 e. The lowest BCUT2D eigenvalue weighted by Crippen LogP contribution is -2.45. The molecule has 1 unspecified atom stereocenters. The molecule has 9 heteroatoms. The molecule has 1 N–H and O–H groups in total. The summed E-state index contributed by atoms with van der Waals surface area (Å²) in [5, 5.41) is 2.23. The van der Waals surface area contributed by atoms with Crippen LogP contribution in [-0.4, -0.2) is 30.6 Å². The quantitative estimate of drug-likeness (QED) is 0.710. The van der Waals surface area contributed by atoms with Crippen LogP contribution in [0.5, 0.6) is 0 Å². The van der Waals surface area contributed by atoms with Gasteiger partial charge in [-0.05, 0) is 41.8 Å². The smallest absolute Gasteiger partial charge is 0.410 e. The maximum atomic E-state index is 13.9. The number of nitrogens with one attached hydrogen (secondary N) is 1. The molecule has 2 aromatic carbocycles. The van der Waals surface area contributed by atoms with E-state index < -0.39 is 41.2 Å². The van der Waals surface area contributed by atoms with Crippen LogP contribution >= 0.6 is 15.9 Å². The molecule has 1 atom stereocenters. The number of ether oxygens (including phenoxy) is 1. The van der Waals surface area contributed by atoms with Crippen molar-refractivity contribution in [2.24, 2.45) is 0 Å². The molecule has 0 aliphatic carbocycles. The van der Waals surface area contributed by atoms with E-state index in [9.17, 15) is 22.8 Å². The third kappa shape index (κ3) is 3.64. The molecule has 2 aromatic rings. The van der Waals surface area contributed by atoms with Crippen LogP contribution < -0.4 is 5.32 Å². The van der Waals surface area contributed by atoms with Gasteiger partial charge in [-0.15, -0.1) is 0 Å². The summed E-state index contributed by atoms with van der Waals surface area (Å²) in [6.45, 7) is 0.208. The number of hydrogen-bond donors (Lipinski definition) is 1. The van der Waals surface area contributed by atoms with Gasteiger partial charge in [-0.25, -0.2) is 18.0 Å². The fraction of sp³-hybridized carbons (Fsp3) is 0.222. The summed E-state index contributed by atoms with van der Waals surface area (Å²) in [5.41, 5.74) is 0.844. The number of fused-ring (bicyclic) bond motifs is 1. The van der Waals surface area contributed by atoms with Gasteiger partial charge in [-0.2, -0.15) is 0 Å². The summed E-state index contributed by atoms with van der Waals surface area (Å²) < 4.78 is 45.9. The monoisotopic (exact) mass is 442 g/mol. The standard InChI is InChI=1S/C18H14BrF3N2O3/c1-27-18(26)24-7-6-9-2-3-10(19)8-11(9)16(24)17(25)23-13-5-4-12(20)14(21)15(13)22/h2-5,8,16H,6-7H2,1H3,(H,23,25). The molecule has 0 aromatic heterocycles. The number of rotatable bonds is 2. The van der Waals surface area contributed by atoms with E-state index in [1.165, 1.54) is 12.0 Å². The van der Waals surface area contributed by atoms with Gasteiger partial charge in [-0.1, -0.05) is 22.0 Å². The molecule has 0 radical (unpaired) electrons. The summed E-state index contributed by atoms with van der Waals surface area (Å²) in [4.78, 5) is 26.2. The molecule has 2 amide bonds. The highest BCUT2D eigenvalue weighted by atomic mass is 79.9. The molecule has 142 valence electrons. The average Bonchev–Trinajstić information content (AvgIpc) is 2.66. The molecular formula is C18H14BrF3N2O3. The fourth-order valence-electron chi connectivity index (χ4n) is 3.01. The van der Waals surface area contributed by atoms with Gasteiger partial charge in [0, 0.05) is 11.0 Å². The van der Waals surface area contributed by atoms with E-state index in [4.69, 9.17) is 4.74 Å². The zero-order chi connectivity index (χ0) is 19.7. The SMILES string of the molecule is COC(=O)N1CCc2ccc(Br)cc2C1C(=O)Nc1ccc(F)c(F)c1F. The fourth-order valence-corrected chi connectivity index (χ4v) is 3.38. The van der Waals surface area contributed by atoms with Gasteiger partial charge in [0.1, 0.15) is 6.04 Å². The summed E-state index contributed by atoms with van der Waals surface area (Å²) >= 11 is 3.32. The number of methoxy groups -OCH3 is 1. The Bertz CT molecular complexity index is 923. The minimum atomic E-state index is -1.69. The van der Waals surface area contributed by atoms with Crippen molar-refractivity contribution in [3.8, 4) is 0 Å². The molecule has 3 rings (SSSR count).